The molecule has 2 aliphatic rings. The Morgan fingerprint density at radius 1 is 1.26 bits per heavy atom. The average molecular weight is 320 g/mol. The van der Waals surface area contributed by atoms with Gasteiger partial charge in [0, 0.05) is 13.1 Å². The van der Waals surface area contributed by atoms with Gasteiger partial charge in [0.25, 0.3) is 0 Å². The Kier molecular flexibility index (Phi) is 5.60. The minimum Gasteiger partial charge on any atom is -0.497 e. The van der Waals surface area contributed by atoms with Gasteiger partial charge in [-0.15, -0.1) is 0 Å². The van der Waals surface area contributed by atoms with Crippen molar-refractivity contribution in [2.75, 3.05) is 33.9 Å². The predicted octanol–water partition coefficient (Wildman–Crippen LogP) is 1.13. The summed E-state index contributed by atoms with van der Waals surface area (Å²) in [6.45, 7) is 3.50. The molecule has 1 saturated carbocycles. The third-order valence-corrected chi connectivity index (χ3v) is 4.10. The number of methoxy groups -OCH3 is 2. The number of piperazine rings is 1. The molecule has 126 valence electrons. The number of aryl methyl sites for hydroxylation is 1. The smallest absolute Gasteiger partial charge is 0.325 e. The van der Waals surface area contributed by atoms with E-state index >= 15 is 0 Å². The zero-order valence-corrected chi connectivity index (χ0v) is 13.9. The van der Waals surface area contributed by atoms with E-state index in [4.69, 9.17) is 4.74 Å². The van der Waals surface area contributed by atoms with Crippen molar-refractivity contribution in [1.29, 1.82) is 0 Å². The van der Waals surface area contributed by atoms with Crippen LogP contribution in [0.4, 0.5) is 0 Å². The fraction of sp³-hybridized carbons (Fsp3) is 0.529. The maximum atomic E-state index is 11.8. The van der Waals surface area contributed by atoms with Crippen molar-refractivity contribution < 1.29 is 19.1 Å². The van der Waals surface area contributed by atoms with E-state index in [2.05, 4.69) is 17.0 Å². The molecule has 0 bridgehead atoms. The minimum absolute atomic E-state index is 0.0501. The Hall–Kier alpha value is -2.08. The van der Waals surface area contributed by atoms with Gasteiger partial charge in [-0.1, -0.05) is 17.7 Å². The quantitative estimate of drug-likeness (QED) is 0.846. The number of ether oxygens (including phenoxy) is 2. The maximum Gasteiger partial charge on any atom is 0.325 e. The largest absolute Gasteiger partial charge is 0.497 e. The number of hydrogen-bond donors (Lipinski definition) is 1. The summed E-state index contributed by atoms with van der Waals surface area (Å²) in [5, 5.41) is 3.20. The molecule has 1 aliphatic carbocycles. The number of benzene rings is 1. The van der Waals surface area contributed by atoms with E-state index in [9.17, 15) is 9.59 Å². The average Bonchev–Trinajstić information content (AvgIpc) is 3.34. The van der Waals surface area contributed by atoms with Crippen molar-refractivity contribution in [3.05, 3.63) is 29.8 Å². The van der Waals surface area contributed by atoms with E-state index in [0.29, 0.717) is 6.54 Å². The zero-order valence-electron chi connectivity index (χ0n) is 13.9. The van der Waals surface area contributed by atoms with E-state index in [-0.39, 0.29) is 24.0 Å². The summed E-state index contributed by atoms with van der Waals surface area (Å²) >= 11 is 0. The van der Waals surface area contributed by atoms with Gasteiger partial charge in [-0.2, -0.15) is 0 Å². The van der Waals surface area contributed by atoms with Crippen molar-refractivity contribution in [3.63, 3.8) is 0 Å². The molecule has 1 aromatic rings. The number of rotatable bonds is 3. The standard InChI is InChI=1S/C9H14N2O3.C8H10O/c1-14-7(12)6-11-5-4-10-9(2-3-9)8(11)13;1-7-3-5-8(9-2)6-4-7/h10H,2-6H2,1H3;3-6H,1-2H3. The second-order valence-corrected chi connectivity index (χ2v) is 5.83. The van der Waals surface area contributed by atoms with Crippen molar-refractivity contribution >= 4 is 11.9 Å². The predicted molar refractivity (Wildman–Crippen MR) is 86.3 cm³/mol. The van der Waals surface area contributed by atoms with Crippen LogP contribution >= 0.6 is 0 Å². The van der Waals surface area contributed by atoms with Crippen LogP contribution in [-0.2, 0) is 14.3 Å². The highest BCUT2D eigenvalue weighted by Crippen LogP contribution is 2.38. The van der Waals surface area contributed by atoms with E-state index in [1.54, 1.807) is 12.0 Å². The maximum absolute atomic E-state index is 11.8. The number of hydrogen-bond acceptors (Lipinski definition) is 5. The molecule has 23 heavy (non-hydrogen) atoms. The van der Waals surface area contributed by atoms with Crippen LogP contribution in [0.15, 0.2) is 24.3 Å². The first kappa shape index (κ1) is 17.3. The topological polar surface area (TPSA) is 67.9 Å². The normalized spacial score (nSPS) is 18.0. The number of carbonyl (C=O) groups excluding carboxylic acids is 2. The summed E-state index contributed by atoms with van der Waals surface area (Å²) in [5.74, 6) is 0.616. The first-order valence-corrected chi connectivity index (χ1v) is 7.72. The molecule has 1 spiro atoms. The van der Waals surface area contributed by atoms with Crippen molar-refractivity contribution in [2.45, 2.75) is 25.3 Å². The molecule has 2 fully saturated rings. The molecule has 1 saturated heterocycles. The highest BCUT2D eigenvalue weighted by Gasteiger charge is 2.53. The highest BCUT2D eigenvalue weighted by molar-refractivity contribution is 5.92. The lowest BCUT2D eigenvalue weighted by Gasteiger charge is -2.32. The Bertz CT molecular complexity index is 552. The molecule has 0 unspecified atom stereocenters. The van der Waals surface area contributed by atoms with Crippen LogP contribution in [0.25, 0.3) is 0 Å². The molecule has 3 rings (SSSR count). The van der Waals surface area contributed by atoms with E-state index in [1.807, 2.05) is 24.3 Å². The van der Waals surface area contributed by atoms with Gasteiger partial charge in [-0.05, 0) is 31.9 Å². The van der Waals surface area contributed by atoms with E-state index in [0.717, 1.165) is 25.1 Å². The lowest BCUT2D eigenvalue weighted by Crippen LogP contribution is -2.57. The van der Waals surface area contributed by atoms with Crippen LogP contribution in [0.3, 0.4) is 0 Å². The molecular weight excluding hydrogens is 296 g/mol. The molecule has 1 aliphatic heterocycles. The van der Waals surface area contributed by atoms with Gasteiger partial charge < -0.3 is 19.7 Å². The third kappa shape index (κ3) is 4.45. The Morgan fingerprint density at radius 2 is 1.91 bits per heavy atom. The SMILES string of the molecule is COC(=O)CN1CCNC2(CC2)C1=O.COc1ccc(C)cc1. The second-order valence-electron chi connectivity index (χ2n) is 5.83. The van der Waals surface area contributed by atoms with Gasteiger partial charge >= 0.3 is 5.97 Å². The first-order valence-electron chi connectivity index (χ1n) is 7.72. The summed E-state index contributed by atoms with van der Waals surface area (Å²) in [6.07, 6.45) is 1.78. The third-order valence-electron chi connectivity index (χ3n) is 4.10. The molecule has 0 aromatic heterocycles. The fourth-order valence-corrected chi connectivity index (χ4v) is 2.47. The molecule has 1 N–H and O–H groups in total. The summed E-state index contributed by atoms with van der Waals surface area (Å²) < 4.78 is 9.51. The van der Waals surface area contributed by atoms with Crippen LogP contribution in [0.5, 0.6) is 5.75 Å². The molecule has 6 nitrogen and oxygen atoms in total. The summed E-state index contributed by atoms with van der Waals surface area (Å²) in [7, 11) is 3.01. The zero-order chi connectivity index (χ0) is 16.9. The highest BCUT2D eigenvalue weighted by atomic mass is 16.5. The molecule has 0 atom stereocenters. The Morgan fingerprint density at radius 3 is 2.43 bits per heavy atom. The van der Waals surface area contributed by atoms with Crippen LogP contribution < -0.4 is 10.1 Å². The van der Waals surface area contributed by atoms with Crippen LogP contribution in [0.2, 0.25) is 0 Å². The van der Waals surface area contributed by atoms with Gasteiger partial charge in [0.2, 0.25) is 5.91 Å². The molecule has 1 amide bonds. The number of esters is 1. The monoisotopic (exact) mass is 320 g/mol. The lowest BCUT2D eigenvalue weighted by atomic mass is 10.1. The first-order chi connectivity index (χ1) is 11.0. The summed E-state index contributed by atoms with van der Waals surface area (Å²) in [4.78, 5) is 24.4. The number of nitrogens with zero attached hydrogens (tertiary/aromatic N) is 1. The Labute approximate surface area is 136 Å². The lowest BCUT2D eigenvalue weighted by molar-refractivity contribution is -0.149. The summed E-state index contributed by atoms with van der Waals surface area (Å²) in [6, 6.07) is 7.96. The second kappa shape index (κ2) is 7.46. The molecule has 1 heterocycles. The fourth-order valence-electron chi connectivity index (χ4n) is 2.47. The van der Waals surface area contributed by atoms with Crippen LogP contribution in [0, 0.1) is 6.92 Å². The molecule has 0 radical (unpaired) electrons. The summed E-state index contributed by atoms with van der Waals surface area (Å²) in [5.41, 5.74) is 0.933. The van der Waals surface area contributed by atoms with Gasteiger partial charge in [-0.25, -0.2) is 0 Å². The molecule has 6 heteroatoms. The van der Waals surface area contributed by atoms with Crippen molar-refractivity contribution in [2.24, 2.45) is 0 Å². The van der Waals surface area contributed by atoms with E-state index in [1.165, 1.54) is 12.7 Å². The van der Waals surface area contributed by atoms with E-state index < -0.39 is 0 Å². The number of nitrogens with one attached hydrogen (secondary N) is 1. The van der Waals surface area contributed by atoms with Crippen molar-refractivity contribution in [3.8, 4) is 5.75 Å². The number of carbonyl (C=O) groups is 2. The van der Waals surface area contributed by atoms with Crippen LogP contribution in [0.1, 0.15) is 18.4 Å². The molecular formula is C17H24N2O4. The van der Waals surface area contributed by atoms with Gasteiger partial charge in [-0.3, -0.25) is 9.59 Å². The van der Waals surface area contributed by atoms with Crippen LogP contribution in [-0.4, -0.2) is 56.2 Å². The molecule has 1 aromatic carbocycles. The minimum atomic E-state index is -0.351. The van der Waals surface area contributed by atoms with Gasteiger partial charge in [0.05, 0.1) is 19.8 Å². The van der Waals surface area contributed by atoms with Crippen molar-refractivity contribution in [1.82, 2.24) is 10.2 Å². The number of amides is 1. The Balaban J connectivity index is 0.000000185. The van der Waals surface area contributed by atoms with Gasteiger partial charge in [0.1, 0.15) is 12.3 Å². The van der Waals surface area contributed by atoms with Gasteiger partial charge in [0.15, 0.2) is 0 Å².